The van der Waals surface area contributed by atoms with E-state index in [1.807, 2.05) is 0 Å². The van der Waals surface area contributed by atoms with Gasteiger partial charge in [0.1, 0.15) is 0 Å². The number of rotatable bonds is 4. The average molecular weight is 253 g/mol. The van der Waals surface area contributed by atoms with Crippen molar-refractivity contribution >= 4 is 29.3 Å². The molecule has 1 rings (SSSR count). The molecule has 0 aliphatic carbocycles. The minimum atomic E-state index is -3.78. The van der Waals surface area contributed by atoms with Crippen LogP contribution in [-0.2, 0) is 10.5 Å². The molecule has 0 aliphatic heterocycles. The molecule has 0 bridgehead atoms. The fourth-order valence-electron chi connectivity index (χ4n) is 0.846. The van der Waals surface area contributed by atoms with E-state index < -0.39 is 11.2 Å². The minimum absolute atomic E-state index is 0.0368. The van der Waals surface area contributed by atoms with E-state index >= 15 is 0 Å². The van der Waals surface area contributed by atoms with E-state index in [1.165, 1.54) is 0 Å². The molecule has 0 amide bonds. The summed E-state index contributed by atoms with van der Waals surface area (Å²) in [7, 11) is 0. The van der Waals surface area contributed by atoms with Gasteiger partial charge in [-0.1, -0.05) is 41.6 Å². The Morgan fingerprint density at radius 1 is 1.47 bits per heavy atom. The van der Waals surface area contributed by atoms with Crippen LogP contribution in [0.1, 0.15) is 5.56 Å². The van der Waals surface area contributed by atoms with Crippen molar-refractivity contribution in [3.8, 4) is 0 Å². The fourth-order valence-corrected chi connectivity index (χ4v) is 1.84. The van der Waals surface area contributed by atoms with Gasteiger partial charge < -0.3 is 5.11 Å². The van der Waals surface area contributed by atoms with Crippen molar-refractivity contribution in [2.24, 2.45) is 0 Å². The van der Waals surface area contributed by atoms with E-state index in [9.17, 15) is 13.6 Å². The summed E-state index contributed by atoms with van der Waals surface area (Å²) >= 11 is 5.76. The number of carboxylic acids is 1. The quantitative estimate of drug-likeness (QED) is 0.894. The highest BCUT2D eigenvalue weighted by Gasteiger charge is 2.39. The van der Waals surface area contributed by atoms with Crippen molar-refractivity contribution in [3.63, 3.8) is 0 Å². The molecule has 6 heteroatoms. The number of alkyl halides is 2. The number of benzene rings is 1. The molecule has 1 aromatic carbocycles. The summed E-state index contributed by atoms with van der Waals surface area (Å²) in [6.45, 7) is 0. The van der Waals surface area contributed by atoms with Gasteiger partial charge in [-0.2, -0.15) is 8.78 Å². The Morgan fingerprint density at radius 3 is 2.60 bits per heavy atom. The van der Waals surface area contributed by atoms with E-state index in [-0.39, 0.29) is 17.5 Å². The highest BCUT2D eigenvalue weighted by molar-refractivity contribution is 8.00. The predicted octanol–water partition coefficient (Wildman–Crippen LogP) is 3.25. The van der Waals surface area contributed by atoms with Crippen LogP contribution in [0.3, 0.4) is 0 Å². The van der Waals surface area contributed by atoms with Gasteiger partial charge >= 0.3 is 11.2 Å². The van der Waals surface area contributed by atoms with E-state index in [0.717, 1.165) is 0 Å². The first-order valence-electron chi connectivity index (χ1n) is 3.92. The summed E-state index contributed by atoms with van der Waals surface area (Å²) in [5, 5.41) is 4.76. The van der Waals surface area contributed by atoms with Crippen molar-refractivity contribution in [1.82, 2.24) is 0 Å². The number of carbonyl (C=O) groups is 1. The number of carboxylic acid groups (broad SMARTS) is 1. The molecular weight excluding hydrogens is 246 g/mol. The maximum absolute atomic E-state index is 12.7. The Labute approximate surface area is 94.2 Å². The van der Waals surface area contributed by atoms with E-state index in [2.05, 4.69) is 0 Å². The number of halogens is 3. The highest BCUT2D eigenvalue weighted by atomic mass is 35.5. The summed E-state index contributed by atoms with van der Waals surface area (Å²) < 4.78 is 25.4. The van der Waals surface area contributed by atoms with Gasteiger partial charge in [0.05, 0.1) is 0 Å². The Hall–Kier alpha value is -0.810. The average Bonchev–Trinajstić information content (AvgIpc) is 2.16. The fraction of sp³-hybridized carbons (Fsp3) is 0.222. The molecule has 0 fully saturated rings. The lowest BCUT2D eigenvalue weighted by Crippen LogP contribution is -2.23. The number of aliphatic carboxylic acids is 1. The Kier molecular flexibility index (Phi) is 3.93. The summed E-state index contributed by atoms with van der Waals surface area (Å²) in [5.41, 5.74) is 0.491. The maximum atomic E-state index is 12.7. The van der Waals surface area contributed by atoms with Crippen molar-refractivity contribution in [2.45, 2.75) is 11.0 Å². The molecule has 1 N–H and O–H groups in total. The predicted molar refractivity (Wildman–Crippen MR) is 55.3 cm³/mol. The van der Waals surface area contributed by atoms with Gasteiger partial charge in [-0.3, -0.25) is 0 Å². The highest BCUT2D eigenvalue weighted by Crippen LogP contribution is 2.33. The van der Waals surface area contributed by atoms with Gasteiger partial charge in [-0.25, -0.2) is 4.79 Å². The van der Waals surface area contributed by atoms with Crippen LogP contribution in [0.2, 0.25) is 5.02 Å². The first-order valence-corrected chi connectivity index (χ1v) is 5.28. The van der Waals surface area contributed by atoms with Gasteiger partial charge in [-0.05, 0) is 11.6 Å². The third-order valence-electron chi connectivity index (χ3n) is 1.62. The molecule has 0 saturated heterocycles. The van der Waals surface area contributed by atoms with Gasteiger partial charge in [-0.15, -0.1) is 0 Å². The van der Waals surface area contributed by atoms with Gasteiger partial charge in [0.25, 0.3) is 0 Å². The lowest BCUT2D eigenvalue weighted by molar-refractivity contribution is -0.152. The molecule has 1 aromatic rings. The Morgan fingerprint density at radius 2 is 2.07 bits per heavy atom. The van der Waals surface area contributed by atoms with Crippen LogP contribution >= 0.6 is 23.4 Å². The molecule has 0 spiro atoms. The van der Waals surface area contributed by atoms with Gasteiger partial charge in [0.15, 0.2) is 0 Å². The Bertz CT molecular complexity index is 371. The zero-order valence-corrected chi connectivity index (χ0v) is 8.99. The van der Waals surface area contributed by atoms with Gasteiger partial charge in [0.2, 0.25) is 0 Å². The second kappa shape index (κ2) is 4.81. The molecular formula is C9H7ClF2O2S. The van der Waals surface area contributed by atoms with Crippen LogP contribution < -0.4 is 0 Å². The van der Waals surface area contributed by atoms with Crippen LogP contribution in [0.25, 0.3) is 0 Å². The van der Waals surface area contributed by atoms with Gasteiger partial charge in [0, 0.05) is 10.8 Å². The summed E-state index contributed by atoms with van der Waals surface area (Å²) in [6, 6.07) is 6.47. The standard InChI is InChI=1S/C9H7ClF2O2S/c10-7-4-2-1-3-6(7)5-15-9(11,12)8(13)14/h1-4H,5H2,(H,13,14). The molecule has 0 atom stereocenters. The largest absolute Gasteiger partial charge is 0.476 e. The molecule has 0 heterocycles. The molecule has 15 heavy (non-hydrogen) atoms. The molecule has 0 aliphatic rings. The first kappa shape index (κ1) is 12.3. The van der Waals surface area contributed by atoms with Crippen molar-refractivity contribution in [2.75, 3.05) is 0 Å². The smallest absolute Gasteiger partial charge is 0.389 e. The Balaban J connectivity index is 2.66. The van der Waals surface area contributed by atoms with Crippen LogP contribution in [-0.4, -0.2) is 16.3 Å². The second-order valence-electron chi connectivity index (χ2n) is 2.70. The third kappa shape index (κ3) is 3.35. The zero-order chi connectivity index (χ0) is 11.5. The maximum Gasteiger partial charge on any atom is 0.389 e. The number of hydrogen-bond donors (Lipinski definition) is 1. The number of hydrogen-bond acceptors (Lipinski definition) is 2. The zero-order valence-electron chi connectivity index (χ0n) is 7.41. The summed E-state index contributed by atoms with van der Waals surface area (Å²) in [4.78, 5) is 10.1. The molecule has 0 aromatic heterocycles. The normalized spacial score (nSPS) is 11.4. The van der Waals surface area contributed by atoms with E-state index in [0.29, 0.717) is 10.6 Å². The minimum Gasteiger partial charge on any atom is -0.476 e. The molecule has 0 unspecified atom stereocenters. The molecule has 0 radical (unpaired) electrons. The second-order valence-corrected chi connectivity index (χ2v) is 4.20. The molecule has 2 nitrogen and oxygen atoms in total. The van der Waals surface area contributed by atoms with E-state index in [4.69, 9.17) is 16.7 Å². The van der Waals surface area contributed by atoms with Crippen LogP contribution in [0, 0.1) is 0 Å². The monoisotopic (exact) mass is 252 g/mol. The molecule has 82 valence electrons. The topological polar surface area (TPSA) is 37.3 Å². The van der Waals surface area contributed by atoms with E-state index in [1.54, 1.807) is 24.3 Å². The number of thioether (sulfide) groups is 1. The summed E-state index contributed by atoms with van der Waals surface area (Å²) in [6.07, 6.45) is 0. The van der Waals surface area contributed by atoms with Crippen molar-refractivity contribution < 1.29 is 18.7 Å². The van der Waals surface area contributed by atoms with Crippen LogP contribution in [0.4, 0.5) is 8.78 Å². The van der Waals surface area contributed by atoms with Crippen molar-refractivity contribution in [3.05, 3.63) is 34.9 Å². The van der Waals surface area contributed by atoms with Crippen LogP contribution in [0.5, 0.6) is 0 Å². The van der Waals surface area contributed by atoms with Crippen LogP contribution in [0.15, 0.2) is 24.3 Å². The lowest BCUT2D eigenvalue weighted by atomic mass is 10.2. The first-order chi connectivity index (χ1) is 6.93. The lowest BCUT2D eigenvalue weighted by Gasteiger charge is -2.10. The third-order valence-corrected chi connectivity index (χ3v) is 2.98. The summed E-state index contributed by atoms with van der Waals surface area (Å²) in [5.74, 6) is -2.28. The van der Waals surface area contributed by atoms with Crippen molar-refractivity contribution in [1.29, 1.82) is 0 Å². The SMILES string of the molecule is O=C(O)C(F)(F)SCc1ccccc1Cl. The molecule has 0 saturated carbocycles.